The number of carbonyl (C=O) groups excluding carboxylic acids is 2. The number of aromatic nitrogens is 1. The van der Waals surface area contributed by atoms with E-state index >= 15 is 0 Å². The molecule has 0 bridgehead atoms. The van der Waals surface area contributed by atoms with Gasteiger partial charge in [-0.05, 0) is 36.8 Å². The van der Waals surface area contributed by atoms with E-state index in [2.05, 4.69) is 4.98 Å². The van der Waals surface area contributed by atoms with Crippen molar-refractivity contribution in [2.75, 3.05) is 4.90 Å². The van der Waals surface area contributed by atoms with Gasteiger partial charge in [0.1, 0.15) is 10.8 Å². The topological polar surface area (TPSA) is 134 Å². The highest BCUT2D eigenvalue weighted by atomic mass is 32.1. The van der Waals surface area contributed by atoms with Crippen LogP contribution in [0.1, 0.15) is 27.0 Å². The van der Waals surface area contributed by atoms with Gasteiger partial charge in [-0.2, -0.15) is 0 Å². The highest BCUT2D eigenvalue weighted by molar-refractivity contribution is 7.17. The number of Topliss-reactive ketones (excluding diaryl/α,β-unsaturated/α-hetero) is 1. The van der Waals surface area contributed by atoms with Gasteiger partial charge in [-0.25, -0.2) is 9.37 Å². The largest absolute Gasteiger partial charge is 0.503 e. The standard InChI is InChI=1S/C27H18FN3O6S/c1-14-25(38-26(29-14)15-6-3-2-4-7-15)23(33)21-22(16-10-11-20(32)19(12-16)31(36)37)30(27(35)24(21)34)18-9-5-8-17(28)13-18/h2-13,22,32,34H,1H3. The number of nitro benzene ring substituents is 1. The van der Waals surface area contributed by atoms with Crippen LogP contribution in [0.3, 0.4) is 0 Å². The Bertz CT molecular complexity index is 1650. The molecule has 5 rings (SSSR count). The molecule has 190 valence electrons. The van der Waals surface area contributed by atoms with Crippen LogP contribution in [0.4, 0.5) is 15.8 Å². The molecule has 0 spiro atoms. The van der Waals surface area contributed by atoms with Crippen molar-refractivity contribution in [3.05, 3.63) is 116 Å². The van der Waals surface area contributed by atoms with Crippen LogP contribution in [0.5, 0.6) is 5.75 Å². The first-order valence-corrected chi connectivity index (χ1v) is 12.1. The number of hydrogen-bond acceptors (Lipinski definition) is 8. The van der Waals surface area contributed by atoms with Crippen molar-refractivity contribution in [2.24, 2.45) is 0 Å². The summed E-state index contributed by atoms with van der Waals surface area (Å²) >= 11 is 1.07. The Morgan fingerprint density at radius 1 is 1.08 bits per heavy atom. The van der Waals surface area contributed by atoms with Crippen LogP contribution in [0.2, 0.25) is 0 Å². The van der Waals surface area contributed by atoms with Gasteiger partial charge in [0.2, 0.25) is 5.78 Å². The molecule has 1 atom stereocenters. The summed E-state index contributed by atoms with van der Waals surface area (Å²) in [6.45, 7) is 1.62. The highest BCUT2D eigenvalue weighted by Gasteiger charge is 2.46. The molecule has 2 N–H and O–H groups in total. The maximum absolute atomic E-state index is 14.1. The predicted molar refractivity (Wildman–Crippen MR) is 138 cm³/mol. The number of rotatable bonds is 6. The molecule has 1 amide bonds. The van der Waals surface area contributed by atoms with Gasteiger partial charge >= 0.3 is 5.69 Å². The fraction of sp³-hybridized carbons (Fsp3) is 0.0741. The Morgan fingerprint density at radius 3 is 2.50 bits per heavy atom. The molecular weight excluding hydrogens is 513 g/mol. The minimum atomic E-state index is -1.35. The van der Waals surface area contributed by atoms with Crippen LogP contribution in [-0.2, 0) is 4.79 Å². The van der Waals surface area contributed by atoms with Crippen molar-refractivity contribution in [1.82, 2.24) is 4.98 Å². The van der Waals surface area contributed by atoms with E-state index in [0.29, 0.717) is 10.7 Å². The molecule has 0 saturated heterocycles. The van der Waals surface area contributed by atoms with Crippen LogP contribution < -0.4 is 4.90 Å². The third kappa shape index (κ3) is 4.18. The zero-order valence-corrected chi connectivity index (χ0v) is 20.5. The van der Waals surface area contributed by atoms with Gasteiger partial charge in [0, 0.05) is 17.3 Å². The molecule has 1 aromatic heterocycles. The summed E-state index contributed by atoms with van der Waals surface area (Å²) in [5.74, 6) is -3.84. The summed E-state index contributed by atoms with van der Waals surface area (Å²) in [6, 6.07) is 16.1. The maximum atomic E-state index is 14.1. The number of nitrogens with zero attached hydrogens (tertiary/aromatic N) is 3. The number of benzene rings is 3. The molecule has 0 saturated carbocycles. The van der Waals surface area contributed by atoms with Gasteiger partial charge in [0.15, 0.2) is 11.5 Å². The molecular formula is C27H18FN3O6S. The lowest BCUT2D eigenvalue weighted by Gasteiger charge is -2.27. The second kappa shape index (κ2) is 9.52. The summed E-state index contributed by atoms with van der Waals surface area (Å²) in [5, 5.41) is 33.0. The van der Waals surface area contributed by atoms with Crippen LogP contribution >= 0.6 is 11.3 Å². The Morgan fingerprint density at radius 2 is 1.82 bits per heavy atom. The number of carbonyl (C=O) groups is 2. The molecule has 2 heterocycles. The molecule has 38 heavy (non-hydrogen) atoms. The van der Waals surface area contributed by atoms with E-state index in [9.17, 15) is 34.3 Å². The average molecular weight is 532 g/mol. The molecule has 1 unspecified atom stereocenters. The third-order valence-corrected chi connectivity index (χ3v) is 7.28. The van der Waals surface area contributed by atoms with E-state index in [1.165, 1.54) is 18.2 Å². The number of aliphatic hydroxyl groups is 1. The second-order valence-electron chi connectivity index (χ2n) is 8.45. The summed E-state index contributed by atoms with van der Waals surface area (Å²) < 4.78 is 14.1. The van der Waals surface area contributed by atoms with E-state index in [0.717, 1.165) is 46.1 Å². The number of anilines is 1. The SMILES string of the molecule is Cc1nc(-c2ccccc2)sc1C(=O)C1=C(O)C(=O)N(c2cccc(F)c2)C1c1ccc(O)c([N+](=O)[O-])c1. The number of phenolic OH excluding ortho intramolecular Hbond substituents is 1. The molecule has 9 nitrogen and oxygen atoms in total. The Labute approximate surface area is 218 Å². The number of nitro groups is 1. The van der Waals surface area contributed by atoms with Gasteiger partial charge < -0.3 is 10.2 Å². The van der Waals surface area contributed by atoms with Gasteiger partial charge in [-0.15, -0.1) is 11.3 Å². The summed E-state index contributed by atoms with van der Waals surface area (Å²) in [6.07, 6.45) is 0. The normalized spacial score (nSPS) is 15.3. The first-order chi connectivity index (χ1) is 18.2. The molecule has 3 aromatic carbocycles. The zero-order chi connectivity index (χ0) is 27.1. The highest BCUT2D eigenvalue weighted by Crippen LogP contribution is 2.45. The molecule has 1 aliphatic rings. The monoisotopic (exact) mass is 531 g/mol. The van der Waals surface area contributed by atoms with Crippen molar-refractivity contribution in [3.63, 3.8) is 0 Å². The Kier molecular flexibility index (Phi) is 6.21. The second-order valence-corrected chi connectivity index (χ2v) is 9.45. The number of hydrogen-bond donors (Lipinski definition) is 2. The van der Waals surface area contributed by atoms with Crippen molar-refractivity contribution >= 4 is 34.4 Å². The average Bonchev–Trinajstić information content (AvgIpc) is 3.41. The lowest BCUT2D eigenvalue weighted by Crippen LogP contribution is -2.31. The minimum Gasteiger partial charge on any atom is -0.503 e. The fourth-order valence-electron chi connectivity index (χ4n) is 4.34. The Hall–Kier alpha value is -4.90. The molecule has 11 heteroatoms. The zero-order valence-electron chi connectivity index (χ0n) is 19.7. The van der Waals surface area contributed by atoms with Crippen molar-refractivity contribution in [2.45, 2.75) is 13.0 Å². The molecule has 0 aliphatic carbocycles. The molecule has 4 aromatic rings. The van der Waals surface area contributed by atoms with E-state index in [1.54, 1.807) is 6.92 Å². The first kappa shape index (κ1) is 24.8. The van der Waals surface area contributed by atoms with E-state index in [1.807, 2.05) is 30.3 Å². The van der Waals surface area contributed by atoms with Gasteiger partial charge in [-0.3, -0.25) is 24.6 Å². The van der Waals surface area contributed by atoms with Crippen molar-refractivity contribution in [1.29, 1.82) is 0 Å². The molecule has 0 radical (unpaired) electrons. The van der Waals surface area contributed by atoms with Crippen LogP contribution in [-0.4, -0.2) is 31.8 Å². The lowest BCUT2D eigenvalue weighted by atomic mass is 9.94. The summed E-state index contributed by atoms with van der Waals surface area (Å²) in [4.78, 5) is 43.5. The van der Waals surface area contributed by atoms with E-state index in [-0.39, 0.29) is 21.7 Å². The van der Waals surface area contributed by atoms with E-state index in [4.69, 9.17) is 0 Å². The molecule has 0 fully saturated rings. The first-order valence-electron chi connectivity index (χ1n) is 11.2. The van der Waals surface area contributed by atoms with Crippen LogP contribution in [0, 0.1) is 22.9 Å². The number of aromatic hydroxyl groups is 1. The summed E-state index contributed by atoms with van der Waals surface area (Å²) in [5.41, 5.74) is 0.220. The number of aryl methyl sites for hydroxylation is 1. The van der Waals surface area contributed by atoms with Crippen LogP contribution in [0.15, 0.2) is 84.1 Å². The van der Waals surface area contributed by atoms with Gasteiger partial charge in [0.25, 0.3) is 5.91 Å². The Balaban J connectivity index is 1.68. The molecule has 1 aliphatic heterocycles. The number of amides is 1. The predicted octanol–water partition coefficient (Wildman–Crippen LogP) is 5.65. The fourth-order valence-corrected chi connectivity index (χ4v) is 5.36. The maximum Gasteiger partial charge on any atom is 0.311 e. The van der Waals surface area contributed by atoms with Gasteiger partial charge in [0.05, 0.1) is 27.1 Å². The number of aliphatic hydroxyl groups excluding tert-OH is 1. The number of ketones is 1. The lowest BCUT2D eigenvalue weighted by molar-refractivity contribution is -0.385. The number of halogens is 1. The third-order valence-electron chi connectivity index (χ3n) is 6.07. The number of phenols is 1. The quantitative estimate of drug-likeness (QED) is 0.186. The summed E-state index contributed by atoms with van der Waals surface area (Å²) in [7, 11) is 0. The van der Waals surface area contributed by atoms with E-state index < -0.39 is 45.7 Å². The van der Waals surface area contributed by atoms with Crippen molar-refractivity contribution < 1.29 is 29.1 Å². The minimum absolute atomic E-state index is 0.0241. The van der Waals surface area contributed by atoms with Crippen molar-refractivity contribution in [3.8, 4) is 16.3 Å². The smallest absolute Gasteiger partial charge is 0.311 e. The van der Waals surface area contributed by atoms with Crippen LogP contribution in [0.25, 0.3) is 10.6 Å². The number of thiazole rings is 1. The van der Waals surface area contributed by atoms with Gasteiger partial charge in [-0.1, -0.05) is 42.5 Å².